The lowest BCUT2D eigenvalue weighted by Gasteiger charge is -2.14. The van der Waals surface area contributed by atoms with Gasteiger partial charge in [-0.25, -0.2) is 17.9 Å². The van der Waals surface area contributed by atoms with Gasteiger partial charge in [0, 0.05) is 10.7 Å². The van der Waals surface area contributed by atoms with E-state index in [2.05, 4.69) is 14.8 Å². The van der Waals surface area contributed by atoms with Gasteiger partial charge in [0.15, 0.2) is 0 Å². The first-order valence-corrected chi connectivity index (χ1v) is 10.8. The van der Waals surface area contributed by atoms with Crippen LogP contribution in [0.25, 0.3) is 10.1 Å². The SMILES string of the molecule is COC(=O)c1sccc1S(=O)(=O)N[C@H](C)Cc1csc2ccccc12. The summed E-state index contributed by atoms with van der Waals surface area (Å²) in [6, 6.07) is 9.16. The minimum Gasteiger partial charge on any atom is -0.465 e. The second kappa shape index (κ2) is 7.25. The van der Waals surface area contributed by atoms with Crippen molar-refractivity contribution in [3.8, 4) is 0 Å². The van der Waals surface area contributed by atoms with Gasteiger partial charge in [-0.05, 0) is 47.2 Å². The van der Waals surface area contributed by atoms with Gasteiger partial charge < -0.3 is 4.74 Å². The summed E-state index contributed by atoms with van der Waals surface area (Å²) in [6.07, 6.45) is 0.570. The maximum atomic E-state index is 12.6. The molecule has 1 atom stereocenters. The number of carbonyl (C=O) groups is 1. The largest absolute Gasteiger partial charge is 0.465 e. The van der Waals surface area contributed by atoms with Crippen molar-refractivity contribution in [3.05, 3.63) is 51.5 Å². The van der Waals surface area contributed by atoms with Crippen molar-refractivity contribution in [1.29, 1.82) is 0 Å². The van der Waals surface area contributed by atoms with Crippen LogP contribution in [0.1, 0.15) is 22.2 Å². The molecule has 2 heterocycles. The molecular formula is C17H17NO4S3. The summed E-state index contributed by atoms with van der Waals surface area (Å²) < 4.78 is 33.7. The molecular weight excluding hydrogens is 378 g/mol. The van der Waals surface area contributed by atoms with Crippen LogP contribution >= 0.6 is 22.7 Å². The molecule has 2 aromatic heterocycles. The summed E-state index contributed by atoms with van der Waals surface area (Å²) in [5.74, 6) is -0.646. The maximum absolute atomic E-state index is 12.6. The minimum absolute atomic E-state index is 0.0358. The van der Waals surface area contributed by atoms with Gasteiger partial charge in [-0.2, -0.15) is 0 Å². The standard InChI is InChI=1S/C17H17NO4S3/c1-11(9-12-10-24-14-6-4-3-5-13(12)14)18-25(20,21)15-7-8-23-16(15)17(19)22-2/h3-8,10-11,18H,9H2,1-2H3/t11-/m1/s1. The molecule has 0 unspecified atom stereocenters. The van der Waals surface area contributed by atoms with E-state index in [1.165, 1.54) is 17.9 Å². The van der Waals surface area contributed by atoms with Crippen LogP contribution in [0.15, 0.2) is 46.0 Å². The molecule has 3 rings (SSSR count). The van der Waals surface area contributed by atoms with Gasteiger partial charge >= 0.3 is 5.97 Å². The molecule has 0 aliphatic heterocycles. The van der Waals surface area contributed by atoms with E-state index in [-0.39, 0.29) is 15.8 Å². The quantitative estimate of drug-likeness (QED) is 0.647. The van der Waals surface area contributed by atoms with Crippen LogP contribution in [0.2, 0.25) is 0 Å². The number of rotatable bonds is 6. The van der Waals surface area contributed by atoms with Gasteiger partial charge in [-0.15, -0.1) is 22.7 Å². The number of hydrogen-bond donors (Lipinski definition) is 1. The van der Waals surface area contributed by atoms with Gasteiger partial charge in [-0.3, -0.25) is 0 Å². The fourth-order valence-electron chi connectivity index (χ4n) is 2.64. The van der Waals surface area contributed by atoms with Gasteiger partial charge in [0.05, 0.1) is 7.11 Å². The van der Waals surface area contributed by atoms with Crippen LogP contribution in [0, 0.1) is 0 Å². The van der Waals surface area contributed by atoms with E-state index >= 15 is 0 Å². The molecule has 0 radical (unpaired) electrons. The highest BCUT2D eigenvalue weighted by atomic mass is 32.2. The number of hydrogen-bond acceptors (Lipinski definition) is 6. The smallest absolute Gasteiger partial charge is 0.349 e. The third kappa shape index (κ3) is 3.77. The number of ether oxygens (including phenoxy) is 1. The van der Waals surface area contributed by atoms with Crippen LogP contribution in [0.4, 0.5) is 0 Å². The Bertz CT molecular complexity index is 1000. The third-order valence-electron chi connectivity index (χ3n) is 3.73. The zero-order valence-electron chi connectivity index (χ0n) is 13.7. The molecule has 0 saturated heterocycles. The molecule has 1 N–H and O–H groups in total. The molecule has 1 aromatic carbocycles. The molecule has 0 amide bonds. The second-order valence-electron chi connectivity index (χ2n) is 5.59. The van der Waals surface area contributed by atoms with Crippen molar-refractivity contribution in [2.24, 2.45) is 0 Å². The monoisotopic (exact) mass is 395 g/mol. The lowest BCUT2D eigenvalue weighted by molar-refractivity contribution is 0.0602. The average Bonchev–Trinajstić information content (AvgIpc) is 3.22. The number of fused-ring (bicyclic) bond motifs is 1. The predicted octanol–water partition coefficient (Wildman–Crippen LogP) is 3.66. The highest BCUT2D eigenvalue weighted by Crippen LogP contribution is 2.27. The first kappa shape index (κ1) is 18.1. The third-order valence-corrected chi connectivity index (χ3v) is 7.40. The van der Waals surface area contributed by atoms with Crippen molar-refractivity contribution in [2.75, 3.05) is 7.11 Å². The number of carbonyl (C=O) groups excluding carboxylic acids is 1. The van der Waals surface area contributed by atoms with E-state index in [4.69, 9.17) is 0 Å². The molecule has 0 bridgehead atoms. The van der Waals surface area contributed by atoms with Gasteiger partial charge in [0.1, 0.15) is 9.77 Å². The maximum Gasteiger partial charge on any atom is 0.349 e. The van der Waals surface area contributed by atoms with Crippen LogP contribution in [0.3, 0.4) is 0 Å². The molecule has 0 aliphatic carbocycles. The Kier molecular flexibility index (Phi) is 5.24. The predicted molar refractivity (Wildman–Crippen MR) is 101 cm³/mol. The van der Waals surface area contributed by atoms with Crippen molar-refractivity contribution in [2.45, 2.75) is 24.3 Å². The molecule has 132 valence electrons. The molecule has 8 heteroatoms. The second-order valence-corrected chi connectivity index (χ2v) is 9.10. The van der Waals surface area contributed by atoms with Gasteiger partial charge in [0.25, 0.3) is 0 Å². The Labute approximate surface area is 154 Å². The molecule has 0 aliphatic rings. The fraction of sp³-hybridized carbons (Fsp3) is 0.235. The van der Waals surface area contributed by atoms with E-state index < -0.39 is 16.0 Å². The van der Waals surface area contributed by atoms with Crippen LogP contribution in [0.5, 0.6) is 0 Å². The number of methoxy groups -OCH3 is 1. The van der Waals surface area contributed by atoms with Crippen molar-refractivity contribution in [3.63, 3.8) is 0 Å². The molecule has 5 nitrogen and oxygen atoms in total. The lowest BCUT2D eigenvalue weighted by atomic mass is 10.1. The van der Waals surface area contributed by atoms with Crippen molar-refractivity contribution < 1.29 is 17.9 Å². The Hall–Kier alpha value is -1.74. The number of thiophene rings is 2. The Balaban J connectivity index is 1.79. The summed E-state index contributed by atoms with van der Waals surface area (Å²) in [5, 5.41) is 4.77. The topological polar surface area (TPSA) is 72.5 Å². The fourth-order valence-corrected chi connectivity index (χ4v) is 6.20. The Morgan fingerprint density at radius 3 is 2.76 bits per heavy atom. The summed E-state index contributed by atoms with van der Waals surface area (Å²) in [4.78, 5) is 11.8. The van der Waals surface area contributed by atoms with Gasteiger partial charge in [0.2, 0.25) is 10.0 Å². The van der Waals surface area contributed by atoms with E-state index in [1.807, 2.05) is 31.2 Å². The van der Waals surface area contributed by atoms with Crippen LogP contribution in [-0.2, 0) is 21.2 Å². The molecule has 3 aromatic rings. The van der Waals surface area contributed by atoms with Crippen molar-refractivity contribution >= 4 is 48.8 Å². The highest BCUT2D eigenvalue weighted by Gasteiger charge is 2.26. The summed E-state index contributed by atoms with van der Waals surface area (Å²) in [7, 11) is -2.56. The first-order valence-electron chi connectivity index (χ1n) is 7.55. The number of esters is 1. The zero-order chi connectivity index (χ0) is 18.0. The molecule has 25 heavy (non-hydrogen) atoms. The summed E-state index contributed by atoms with van der Waals surface area (Å²) in [6.45, 7) is 1.81. The van der Waals surface area contributed by atoms with E-state index in [9.17, 15) is 13.2 Å². The lowest BCUT2D eigenvalue weighted by Crippen LogP contribution is -2.34. The van der Waals surface area contributed by atoms with E-state index in [1.54, 1.807) is 16.7 Å². The Morgan fingerprint density at radius 2 is 2.00 bits per heavy atom. The van der Waals surface area contributed by atoms with E-state index in [0.29, 0.717) is 6.42 Å². The molecule has 0 fully saturated rings. The molecule has 0 spiro atoms. The number of benzene rings is 1. The summed E-state index contributed by atoms with van der Waals surface area (Å²) in [5.41, 5.74) is 1.11. The van der Waals surface area contributed by atoms with E-state index in [0.717, 1.165) is 22.3 Å². The minimum atomic E-state index is -3.80. The number of nitrogens with one attached hydrogen (secondary N) is 1. The normalized spacial score (nSPS) is 13.0. The van der Waals surface area contributed by atoms with Crippen LogP contribution in [-0.4, -0.2) is 27.5 Å². The van der Waals surface area contributed by atoms with Crippen LogP contribution < -0.4 is 4.72 Å². The Morgan fingerprint density at radius 1 is 1.24 bits per heavy atom. The first-order chi connectivity index (χ1) is 11.9. The number of sulfonamides is 1. The average molecular weight is 396 g/mol. The molecule has 0 saturated carbocycles. The van der Waals surface area contributed by atoms with Gasteiger partial charge in [-0.1, -0.05) is 18.2 Å². The summed E-state index contributed by atoms with van der Waals surface area (Å²) >= 11 is 2.70. The highest BCUT2D eigenvalue weighted by molar-refractivity contribution is 7.89. The van der Waals surface area contributed by atoms with Crippen molar-refractivity contribution in [1.82, 2.24) is 4.72 Å². The zero-order valence-corrected chi connectivity index (χ0v) is 16.1.